The number of nitrogens with zero attached hydrogens (tertiary/aromatic N) is 5. The van der Waals surface area contributed by atoms with Gasteiger partial charge in [-0.15, -0.1) is 0 Å². The first kappa shape index (κ1) is 19.0. The van der Waals surface area contributed by atoms with Gasteiger partial charge in [0.25, 0.3) is 5.62 Å². The van der Waals surface area contributed by atoms with Crippen molar-refractivity contribution >= 4 is 17.7 Å². The molecule has 1 aromatic carbocycles. The van der Waals surface area contributed by atoms with E-state index in [0.717, 1.165) is 24.8 Å². The van der Waals surface area contributed by atoms with Crippen molar-refractivity contribution in [2.24, 2.45) is 4.99 Å². The van der Waals surface area contributed by atoms with Crippen molar-refractivity contribution in [3.05, 3.63) is 69.1 Å². The molecule has 3 heterocycles. The van der Waals surface area contributed by atoms with E-state index in [0.29, 0.717) is 22.4 Å². The summed E-state index contributed by atoms with van der Waals surface area (Å²) in [6, 6.07) is 10.4. The largest absolute Gasteiger partial charge is 0.493 e. The predicted molar refractivity (Wildman–Crippen MR) is 114 cm³/mol. The fourth-order valence-corrected chi connectivity index (χ4v) is 3.41. The zero-order chi connectivity index (χ0) is 21.4. The molecule has 0 aliphatic heterocycles. The summed E-state index contributed by atoms with van der Waals surface area (Å²) in [4.78, 5) is 30.3. The number of fused-ring (bicyclic) bond motifs is 1. The number of H-pyrrole nitrogens is 2. The van der Waals surface area contributed by atoms with Gasteiger partial charge in [-0.05, 0) is 30.9 Å². The molecule has 158 valence electrons. The van der Waals surface area contributed by atoms with Crippen LogP contribution in [-0.2, 0) is 0 Å². The predicted octanol–water partition coefficient (Wildman–Crippen LogP) is 1.02. The summed E-state index contributed by atoms with van der Waals surface area (Å²) in [7, 11) is 0. The highest BCUT2D eigenvalue weighted by Gasteiger charge is 2.21. The fraction of sp³-hybridized carbons (Fsp3) is 0.286. The summed E-state index contributed by atoms with van der Waals surface area (Å²) in [6.45, 7) is 2.10. The first-order valence-electron chi connectivity index (χ1n) is 10.2. The second-order valence-corrected chi connectivity index (χ2v) is 7.54. The average Bonchev–Trinajstić information content (AvgIpc) is 3.41. The van der Waals surface area contributed by atoms with E-state index in [9.17, 15) is 9.90 Å². The quantitative estimate of drug-likeness (QED) is 0.369. The highest BCUT2D eigenvalue weighted by atomic mass is 16.3. The molecular formula is C21H22N8O2. The van der Waals surface area contributed by atoms with Gasteiger partial charge in [0, 0.05) is 5.22 Å². The Bertz CT molecular complexity index is 1400. The molecule has 0 amide bonds. The first-order chi connectivity index (χ1) is 15.1. The van der Waals surface area contributed by atoms with E-state index in [1.54, 1.807) is 16.8 Å². The number of aromatic nitrogens is 6. The van der Waals surface area contributed by atoms with Gasteiger partial charge < -0.3 is 15.4 Å². The first-order valence-corrected chi connectivity index (χ1v) is 10.2. The molecule has 1 saturated carbocycles. The minimum atomic E-state index is -0.490. The van der Waals surface area contributed by atoms with Crippen LogP contribution in [0.5, 0.6) is 5.88 Å². The molecule has 0 radical (unpaired) electrons. The van der Waals surface area contributed by atoms with Gasteiger partial charge in [0.05, 0.1) is 18.3 Å². The molecule has 0 spiro atoms. The lowest BCUT2D eigenvalue weighted by atomic mass is 10.1. The molecule has 10 heteroatoms. The third-order valence-corrected chi connectivity index (χ3v) is 5.17. The second kappa shape index (κ2) is 7.71. The molecular weight excluding hydrogens is 396 g/mol. The van der Waals surface area contributed by atoms with Crippen LogP contribution in [0, 0.1) is 0 Å². The molecule has 5 rings (SSSR count). The van der Waals surface area contributed by atoms with Gasteiger partial charge in [-0.2, -0.15) is 19.6 Å². The zero-order valence-electron chi connectivity index (χ0n) is 16.9. The maximum absolute atomic E-state index is 11.5. The lowest BCUT2D eigenvalue weighted by Gasteiger charge is -2.17. The Morgan fingerprint density at radius 3 is 2.77 bits per heavy atom. The van der Waals surface area contributed by atoms with Gasteiger partial charge in [-0.25, -0.2) is 9.79 Å². The molecule has 0 bridgehead atoms. The van der Waals surface area contributed by atoms with Crippen molar-refractivity contribution < 1.29 is 5.11 Å². The summed E-state index contributed by atoms with van der Waals surface area (Å²) < 4.78 is 1.58. The third kappa shape index (κ3) is 3.91. The lowest BCUT2D eigenvalue weighted by molar-refractivity contribution is 0.454. The molecule has 4 aromatic rings. The van der Waals surface area contributed by atoms with Gasteiger partial charge in [0.15, 0.2) is 5.65 Å². The van der Waals surface area contributed by atoms with E-state index in [2.05, 4.69) is 54.4 Å². The number of benzene rings is 1. The number of imidazole rings is 1. The van der Waals surface area contributed by atoms with Crippen molar-refractivity contribution in [1.82, 2.24) is 29.5 Å². The second-order valence-electron chi connectivity index (χ2n) is 7.54. The molecule has 10 nitrogen and oxygen atoms in total. The zero-order valence-corrected chi connectivity index (χ0v) is 16.9. The van der Waals surface area contributed by atoms with E-state index in [-0.39, 0.29) is 23.7 Å². The molecule has 3 aromatic heterocycles. The van der Waals surface area contributed by atoms with Gasteiger partial charge in [0.1, 0.15) is 5.69 Å². The molecule has 1 aliphatic carbocycles. The van der Waals surface area contributed by atoms with Crippen molar-refractivity contribution in [2.45, 2.75) is 38.3 Å². The summed E-state index contributed by atoms with van der Waals surface area (Å²) in [5, 5.41) is 18.3. The maximum Gasteiger partial charge on any atom is 0.326 e. The van der Waals surface area contributed by atoms with Crippen LogP contribution in [0.25, 0.3) is 11.7 Å². The smallest absolute Gasteiger partial charge is 0.326 e. The van der Waals surface area contributed by atoms with Crippen LogP contribution in [0.15, 0.2) is 46.3 Å². The summed E-state index contributed by atoms with van der Waals surface area (Å²) in [6.07, 6.45) is 6.15. The highest BCUT2D eigenvalue weighted by molar-refractivity contribution is 5.57. The summed E-state index contributed by atoms with van der Waals surface area (Å²) in [5.74, 6) is 0.208. The molecule has 1 atom stereocenters. The van der Waals surface area contributed by atoms with Crippen molar-refractivity contribution in [3.8, 4) is 5.88 Å². The maximum atomic E-state index is 11.5. The Morgan fingerprint density at radius 1 is 1.29 bits per heavy atom. The number of aromatic amines is 2. The average molecular weight is 418 g/mol. The SMILES string of the molecule is CC[C@@H](Nc1nc(=NC2CC2)n2ncc(=Cc3[nH]c(=O)[nH]c3O)c2n1)c1ccccc1. The molecule has 1 aliphatic rings. The summed E-state index contributed by atoms with van der Waals surface area (Å²) in [5.41, 5.74) is 1.91. The normalized spacial score (nSPS) is 16.2. The van der Waals surface area contributed by atoms with Crippen LogP contribution < -0.4 is 21.8 Å². The standard InChI is InChI=1S/C21H22N8O2/c1-2-15(12-6-4-3-5-7-12)24-19-26-17-13(10-16-18(30)27-21(31)25-16)11-22-29(17)20(28-19)23-14-8-9-14/h3-7,10-11,14-15,30H,2,8-9H2,1H3,(H,23,24,28)(H2,25,27,31)/t15-/m1/s1. The van der Waals surface area contributed by atoms with Gasteiger partial charge in [-0.1, -0.05) is 37.3 Å². The lowest BCUT2D eigenvalue weighted by Crippen LogP contribution is -2.25. The molecule has 0 saturated heterocycles. The summed E-state index contributed by atoms with van der Waals surface area (Å²) >= 11 is 0. The Morgan fingerprint density at radius 2 is 2.10 bits per heavy atom. The molecule has 0 unspecified atom stereocenters. The van der Waals surface area contributed by atoms with Crippen molar-refractivity contribution in [1.29, 1.82) is 0 Å². The Balaban J connectivity index is 1.64. The third-order valence-electron chi connectivity index (χ3n) is 5.17. The van der Waals surface area contributed by atoms with Crippen molar-refractivity contribution in [2.75, 3.05) is 5.32 Å². The van der Waals surface area contributed by atoms with Crippen LogP contribution >= 0.6 is 0 Å². The van der Waals surface area contributed by atoms with Gasteiger partial charge >= 0.3 is 5.69 Å². The number of anilines is 1. The van der Waals surface area contributed by atoms with E-state index in [1.165, 1.54) is 0 Å². The number of hydrogen-bond acceptors (Lipinski definition) is 7. The van der Waals surface area contributed by atoms with Gasteiger partial charge in [0.2, 0.25) is 11.8 Å². The van der Waals surface area contributed by atoms with Crippen LogP contribution in [0.2, 0.25) is 0 Å². The van der Waals surface area contributed by atoms with Crippen LogP contribution in [-0.4, -0.2) is 40.7 Å². The highest BCUT2D eigenvalue weighted by Crippen LogP contribution is 2.23. The minimum Gasteiger partial charge on any atom is -0.493 e. The monoisotopic (exact) mass is 418 g/mol. The topological polar surface area (TPSA) is 136 Å². The van der Waals surface area contributed by atoms with E-state index >= 15 is 0 Å². The van der Waals surface area contributed by atoms with E-state index < -0.39 is 5.69 Å². The van der Waals surface area contributed by atoms with Gasteiger partial charge in [-0.3, -0.25) is 4.98 Å². The Kier molecular flexibility index (Phi) is 4.73. The van der Waals surface area contributed by atoms with Crippen molar-refractivity contribution in [3.63, 3.8) is 0 Å². The number of rotatable bonds is 6. The molecule has 31 heavy (non-hydrogen) atoms. The van der Waals surface area contributed by atoms with Crippen LogP contribution in [0.1, 0.15) is 43.5 Å². The van der Waals surface area contributed by atoms with E-state index in [1.807, 2.05) is 18.2 Å². The number of aromatic hydroxyl groups is 1. The van der Waals surface area contributed by atoms with Crippen LogP contribution in [0.4, 0.5) is 5.95 Å². The van der Waals surface area contributed by atoms with Crippen LogP contribution in [0.3, 0.4) is 0 Å². The Hall–Kier alpha value is -3.95. The minimum absolute atomic E-state index is 0.0397. The Labute approximate surface area is 176 Å². The number of nitrogens with one attached hydrogen (secondary N) is 3. The molecule has 4 N–H and O–H groups in total. The molecule has 1 fully saturated rings. The van der Waals surface area contributed by atoms with E-state index in [4.69, 9.17) is 0 Å². The number of hydrogen-bond donors (Lipinski definition) is 4. The fourth-order valence-electron chi connectivity index (χ4n) is 3.41.